The van der Waals surface area contributed by atoms with Crippen LogP contribution in [0.25, 0.3) is 6.08 Å². The Balaban J connectivity index is 1.46. The smallest absolute Gasteiger partial charge is 0.211 e. The third kappa shape index (κ3) is 3.68. The van der Waals surface area contributed by atoms with Gasteiger partial charge in [0.25, 0.3) is 0 Å². The summed E-state index contributed by atoms with van der Waals surface area (Å²) in [7, 11) is 0. The van der Waals surface area contributed by atoms with Gasteiger partial charge < -0.3 is 0 Å². The van der Waals surface area contributed by atoms with Crippen LogP contribution < -0.4 is 0 Å². The average Bonchev–Trinajstić information content (AvgIpc) is 2.83. The second-order valence-electron chi connectivity index (χ2n) is 8.43. The molecule has 0 unspecified atom stereocenters. The molecule has 154 valence electrons. The van der Waals surface area contributed by atoms with E-state index in [1.54, 1.807) is 17.8 Å². The fraction of sp³-hybridized carbons (Fsp3) is 0.214. The molecule has 0 aromatic heterocycles. The summed E-state index contributed by atoms with van der Waals surface area (Å²) in [6, 6.07) is 25.8. The van der Waals surface area contributed by atoms with Crippen molar-refractivity contribution in [2.45, 2.75) is 47.3 Å². The number of Topliss-reactive ketones (excluding diaryl/α,β-unsaturated/α-hetero) is 1. The van der Waals surface area contributed by atoms with Crippen molar-refractivity contribution in [2.75, 3.05) is 0 Å². The summed E-state index contributed by atoms with van der Waals surface area (Å²) in [5, 5.41) is 7.78. The van der Waals surface area contributed by atoms with Crippen LogP contribution in [0.1, 0.15) is 59.2 Å². The molecule has 0 bridgehead atoms. The minimum atomic E-state index is -0.197. The lowest BCUT2D eigenvalue weighted by Gasteiger charge is -2.38. The van der Waals surface area contributed by atoms with E-state index in [0.717, 1.165) is 15.4 Å². The highest BCUT2D eigenvalue weighted by Gasteiger charge is 2.35. The first kappa shape index (κ1) is 20.0. The van der Waals surface area contributed by atoms with E-state index >= 15 is 0 Å². The van der Waals surface area contributed by atoms with Gasteiger partial charge in [0, 0.05) is 20.8 Å². The zero-order chi connectivity index (χ0) is 21.3. The van der Waals surface area contributed by atoms with Gasteiger partial charge in [-0.1, -0.05) is 91.7 Å². The molecule has 0 radical (unpaired) electrons. The molecule has 0 amide bonds. The average molecular weight is 424 g/mol. The van der Waals surface area contributed by atoms with Crippen molar-refractivity contribution in [1.82, 2.24) is 0 Å². The molecule has 2 nitrogen and oxygen atoms in total. The minimum absolute atomic E-state index is 0.0534. The van der Waals surface area contributed by atoms with Gasteiger partial charge in [-0.2, -0.15) is 0 Å². The fourth-order valence-electron chi connectivity index (χ4n) is 5.02. The van der Waals surface area contributed by atoms with Crippen molar-refractivity contribution in [1.29, 1.82) is 5.41 Å². The lowest BCUT2D eigenvalue weighted by Crippen LogP contribution is -2.30. The van der Waals surface area contributed by atoms with Gasteiger partial charge >= 0.3 is 0 Å². The maximum atomic E-state index is 12.3. The molecular weight excluding hydrogens is 398 g/mol. The third-order valence-electron chi connectivity index (χ3n) is 6.64. The van der Waals surface area contributed by atoms with Crippen LogP contribution in [-0.4, -0.2) is 11.5 Å². The number of nitrogens with one attached hydrogen (secondary N) is 1. The van der Waals surface area contributed by atoms with Crippen LogP contribution in [0.5, 0.6) is 0 Å². The van der Waals surface area contributed by atoms with E-state index in [4.69, 9.17) is 5.41 Å². The molecule has 0 spiro atoms. The van der Waals surface area contributed by atoms with Crippen molar-refractivity contribution in [3.8, 4) is 0 Å². The van der Waals surface area contributed by atoms with Gasteiger partial charge in [0.05, 0.1) is 0 Å². The molecule has 0 saturated heterocycles. The Hall–Kier alpha value is -2.91. The van der Waals surface area contributed by atoms with Crippen LogP contribution in [-0.2, 0) is 5.41 Å². The van der Waals surface area contributed by atoms with E-state index < -0.39 is 0 Å². The molecule has 1 fully saturated rings. The normalized spacial score (nSPS) is 17.4. The first-order valence-electron chi connectivity index (χ1n) is 11.0. The number of hydrogen-bond donors (Lipinski definition) is 1. The van der Waals surface area contributed by atoms with E-state index in [1.807, 2.05) is 18.2 Å². The molecular formula is C28H25NOS. The summed E-state index contributed by atoms with van der Waals surface area (Å²) >= 11 is 1.68. The first-order chi connectivity index (χ1) is 15.2. The number of benzene rings is 3. The number of allylic oxidation sites excluding steroid dienone is 1. The second kappa shape index (κ2) is 8.32. The maximum absolute atomic E-state index is 12.3. The van der Waals surface area contributed by atoms with Gasteiger partial charge in [-0.25, -0.2) is 0 Å². The Morgan fingerprint density at radius 3 is 2.19 bits per heavy atom. The van der Waals surface area contributed by atoms with Crippen LogP contribution in [0.4, 0.5) is 0 Å². The predicted molar refractivity (Wildman–Crippen MR) is 128 cm³/mol. The summed E-state index contributed by atoms with van der Waals surface area (Å²) in [6.07, 6.45) is 9.77. The molecule has 0 atom stereocenters. The molecule has 2 aliphatic carbocycles. The predicted octanol–water partition coefficient (Wildman–Crippen LogP) is 7.32. The SMILES string of the molecule is N=C1C=Cc2c(Sc3ccc(C4(c5ccccc5)CCCCC4)cc3)cccc2C1=O. The molecule has 0 heterocycles. The second-order valence-corrected chi connectivity index (χ2v) is 9.54. The zero-order valence-corrected chi connectivity index (χ0v) is 18.3. The van der Waals surface area contributed by atoms with Crippen LogP contribution in [0.3, 0.4) is 0 Å². The highest BCUT2D eigenvalue weighted by Crippen LogP contribution is 2.45. The Kier molecular flexibility index (Phi) is 5.37. The molecule has 0 aliphatic heterocycles. The number of carbonyl (C=O) groups excluding carboxylic acids is 1. The lowest BCUT2D eigenvalue weighted by molar-refractivity contribution is 0.106. The number of rotatable bonds is 4. The van der Waals surface area contributed by atoms with Crippen LogP contribution in [0.15, 0.2) is 88.7 Å². The Labute approximate surface area is 187 Å². The zero-order valence-electron chi connectivity index (χ0n) is 17.4. The van der Waals surface area contributed by atoms with E-state index in [0.29, 0.717) is 5.56 Å². The van der Waals surface area contributed by atoms with Crippen LogP contribution in [0, 0.1) is 5.41 Å². The van der Waals surface area contributed by atoms with Crippen molar-refractivity contribution >= 4 is 29.3 Å². The third-order valence-corrected chi connectivity index (χ3v) is 7.72. The Bertz CT molecular complexity index is 1160. The van der Waals surface area contributed by atoms with Gasteiger partial charge in [0.2, 0.25) is 5.78 Å². The van der Waals surface area contributed by atoms with Crippen molar-refractivity contribution in [2.24, 2.45) is 0 Å². The first-order valence-corrected chi connectivity index (χ1v) is 11.8. The highest BCUT2D eigenvalue weighted by molar-refractivity contribution is 7.99. The maximum Gasteiger partial charge on any atom is 0.211 e. The van der Waals surface area contributed by atoms with Gasteiger partial charge in [-0.05, 0) is 53.8 Å². The van der Waals surface area contributed by atoms with Crippen LogP contribution in [0.2, 0.25) is 0 Å². The van der Waals surface area contributed by atoms with E-state index in [2.05, 4.69) is 60.7 Å². The quantitative estimate of drug-likeness (QED) is 0.478. The van der Waals surface area contributed by atoms with Crippen molar-refractivity contribution < 1.29 is 4.79 Å². The molecule has 5 rings (SSSR count). The van der Waals surface area contributed by atoms with Gasteiger partial charge in [0.1, 0.15) is 5.71 Å². The summed E-state index contributed by atoms with van der Waals surface area (Å²) in [4.78, 5) is 14.5. The van der Waals surface area contributed by atoms with E-state index in [-0.39, 0.29) is 16.9 Å². The van der Waals surface area contributed by atoms with Gasteiger partial charge in [0.15, 0.2) is 0 Å². The topological polar surface area (TPSA) is 40.9 Å². The number of ketones is 1. The molecule has 3 heteroatoms. The number of carbonyl (C=O) groups is 1. The molecule has 31 heavy (non-hydrogen) atoms. The summed E-state index contributed by atoms with van der Waals surface area (Å²) in [5.74, 6) is -0.197. The standard InChI is InChI=1S/C28H25NOS/c29-25-17-16-23-24(27(25)30)10-7-11-26(23)31-22-14-12-21(13-15-22)28(18-5-2-6-19-28)20-8-3-1-4-9-20/h1,3-4,7-17,29H,2,5-6,18-19H2. The van der Waals surface area contributed by atoms with Gasteiger partial charge in [-0.3, -0.25) is 10.2 Å². The molecule has 1 N–H and O–H groups in total. The fourth-order valence-corrected chi connectivity index (χ4v) is 5.98. The summed E-state index contributed by atoms with van der Waals surface area (Å²) in [5.41, 5.74) is 4.55. The largest absolute Gasteiger partial charge is 0.297 e. The molecule has 1 saturated carbocycles. The molecule has 3 aromatic rings. The Morgan fingerprint density at radius 1 is 0.742 bits per heavy atom. The number of hydrogen-bond acceptors (Lipinski definition) is 3. The van der Waals surface area contributed by atoms with E-state index in [1.165, 1.54) is 43.2 Å². The molecule has 2 aliphatic rings. The Morgan fingerprint density at radius 2 is 1.45 bits per heavy atom. The van der Waals surface area contributed by atoms with E-state index in [9.17, 15) is 4.79 Å². The molecule has 3 aromatic carbocycles. The monoisotopic (exact) mass is 423 g/mol. The van der Waals surface area contributed by atoms with Crippen molar-refractivity contribution in [3.63, 3.8) is 0 Å². The summed E-state index contributed by atoms with van der Waals surface area (Å²) < 4.78 is 0. The highest BCUT2D eigenvalue weighted by atomic mass is 32.2. The number of fused-ring (bicyclic) bond motifs is 1. The summed E-state index contributed by atoms with van der Waals surface area (Å²) in [6.45, 7) is 0. The minimum Gasteiger partial charge on any atom is -0.297 e. The van der Waals surface area contributed by atoms with Crippen molar-refractivity contribution in [3.05, 3.63) is 101 Å². The van der Waals surface area contributed by atoms with Gasteiger partial charge in [-0.15, -0.1) is 0 Å². The lowest BCUT2D eigenvalue weighted by atomic mass is 9.65. The van der Waals surface area contributed by atoms with Crippen LogP contribution >= 0.6 is 11.8 Å².